The third-order valence-corrected chi connectivity index (χ3v) is 4.99. The molecule has 0 spiro atoms. The first kappa shape index (κ1) is 18.9. The lowest BCUT2D eigenvalue weighted by atomic mass is 9.95. The van der Waals surface area contributed by atoms with Crippen molar-refractivity contribution in [2.24, 2.45) is 0 Å². The van der Waals surface area contributed by atoms with Crippen LogP contribution in [0.4, 0.5) is 11.8 Å². The van der Waals surface area contributed by atoms with E-state index in [9.17, 15) is 9.59 Å². The van der Waals surface area contributed by atoms with Gasteiger partial charge < -0.3 is 16.4 Å². The number of benzene rings is 1. The van der Waals surface area contributed by atoms with E-state index in [4.69, 9.17) is 5.73 Å². The molecule has 0 aliphatic carbocycles. The molecule has 1 unspecified atom stereocenters. The van der Waals surface area contributed by atoms with Crippen molar-refractivity contribution in [2.75, 3.05) is 17.6 Å². The minimum Gasteiger partial charge on any atom is -0.369 e. The number of nitrogen functional groups attached to an aromatic ring is 1. The molecule has 3 rings (SSSR count). The summed E-state index contributed by atoms with van der Waals surface area (Å²) in [7, 11) is 0. The summed E-state index contributed by atoms with van der Waals surface area (Å²) in [5.74, 6) is 0.796. The van der Waals surface area contributed by atoms with Crippen LogP contribution in [-0.2, 0) is 6.42 Å². The molecule has 1 aromatic heterocycles. The number of carbonyl (C=O) groups is 1. The zero-order valence-corrected chi connectivity index (χ0v) is 15.8. The second-order valence-electron chi connectivity index (χ2n) is 7.19. The molecule has 7 heteroatoms. The van der Waals surface area contributed by atoms with E-state index in [1.807, 2.05) is 31.2 Å². The normalized spacial score (nSPS) is 16.4. The van der Waals surface area contributed by atoms with Gasteiger partial charge in [0.2, 0.25) is 5.95 Å². The van der Waals surface area contributed by atoms with Gasteiger partial charge in [0.15, 0.2) is 0 Å². The molecule has 0 saturated carbocycles. The molecule has 144 valence electrons. The van der Waals surface area contributed by atoms with Crippen LogP contribution in [0.3, 0.4) is 0 Å². The number of carbonyl (C=O) groups excluding carboxylic acids is 1. The van der Waals surface area contributed by atoms with Crippen LogP contribution in [0.5, 0.6) is 0 Å². The van der Waals surface area contributed by atoms with E-state index < -0.39 is 0 Å². The summed E-state index contributed by atoms with van der Waals surface area (Å²) >= 11 is 0. The first-order valence-electron chi connectivity index (χ1n) is 9.51. The van der Waals surface area contributed by atoms with Crippen LogP contribution in [0, 0.1) is 0 Å². The Morgan fingerprint density at radius 3 is 2.81 bits per heavy atom. The maximum atomic E-state index is 12.2. The molecule has 5 N–H and O–H groups in total. The smallest absolute Gasteiger partial charge is 0.257 e. The van der Waals surface area contributed by atoms with Gasteiger partial charge in [0.05, 0.1) is 5.56 Å². The van der Waals surface area contributed by atoms with Crippen LogP contribution in [0.15, 0.2) is 29.1 Å². The highest BCUT2D eigenvalue weighted by Gasteiger charge is 2.26. The van der Waals surface area contributed by atoms with Crippen molar-refractivity contribution in [3.8, 4) is 0 Å². The number of aryl methyl sites for hydroxylation is 1. The average molecular weight is 369 g/mol. The molecule has 2 heterocycles. The predicted octanol–water partition coefficient (Wildman–Crippen LogP) is 2.41. The Kier molecular flexibility index (Phi) is 5.78. The highest BCUT2D eigenvalue weighted by Crippen LogP contribution is 2.30. The Labute approximate surface area is 158 Å². The molecule has 1 aliphatic heterocycles. The van der Waals surface area contributed by atoms with Gasteiger partial charge in [0.25, 0.3) is 11.5 Å². The molecule has 0 fully saturated rings. The Balaban J connectivity index is 1.59. The van der Waals surface area contributed by atoms with Gasteiger partial charge in [-0.15, -0.1) is 0 Å². The third kappa shape index (κ3) is 4.48. The fourth-order valence-electron chi connectivity index (χ4n) is 3.56. The summed E-state index contributed by atoms with van der Waals surface area (Å²) in [6.07, 6.45) is 3.67. The highest BCUT2D eigenvalue weighted by atomic mass is 16.1. The Hall–Kier alpha value is -2.83. The van der Waals surface area contributed by atoms with E-state index in [0.29, 0.717) is 23.5 Å². The minimum absolute atomic E-state index is 0.0355. The minimum atomic E-state index is -0.166. The lowest BCUT2D eigenvalue weighted by Gasteiger charge is -2.13. The van der Waals surface area contributed by atoms with Gasteiger partial charge in [0.1, 0.15) is 5.82 Å². The first-order valence-corrected chi connectivity index (χ1v) is 9.51. The van der Waals surface area contributed by atoms with Gasteiger partial charge in [-0.05, 0) is 43.9 Å². The number of amides is 1. The summed E-state index contributed by atoms with van der Waals surface area (Å²) in [5.41, 5.74) is 7.92. The highest BCUT2D eigenvalue weighted by molar-refractivity contribution is 5.94. The molecule has 1 aromatic carbocycles. The molecule has 1 aliphatic rings. The van der Waals surface area contributed by atoms with E-state index in [1.165, 1.54) is 0 Å². The monoisotopic (exact) mass is 369 g/mol. The zero-order valence-electron chi connectivity index (χ0n) is 15.8. The van der Waals surface area contributed by atoms with Gasteiger partial charge in [-0.3, -0.25) is 14.6 Å². The number of H-pyrrole nitrogens is 1. The van der Waals surface area contributed by atoms with Crippen molar-refractivity contribution >= 4 is 17.7 Å². The van der Waals surface area contributed by atoms with E-state index in [0.717, 1.165) is 31.2 Å². The van der Waals surface area contributed by atoms with Crippen LogP contribution < -0.4 is 21.9 Å². The molecule has 7 nitrogen and oxygen atoms in total. The number of rotatable bonds is 7. The van der Waals surface area contributed by atoms with E-state index in [2.05, 4.69) is 27.5 Å². The predicted molar refractivity (Wildman–Crippen MR) is 107 cm³/mol. The van der Waals surface area contributed by atoms with Gasteiger partial charge in [0, 0.05) is 24.1 Å². The second-order valence-corrected chi connectivity index (χ2v) is 7.19. The van der Waals surface area contributed by atoms with Crippen LogP contribution in [-0.4, -0.2) is 28.5 Å². The molecular weight excluding hydrogens is 342 g/mol. The number of aromatic nitrogens is 2. The van der Waals surface area contributed by atoms with Crippen molar-refractivity contribution < 1.29 is 4.79 Å². The number of fused-ring (bicyclic) bond motifs is 1. The summed E-state index contributed by atoms with van der Waals surface area (Å²) in [6.45, 7) is 4.81. The van der Waals surface area contributed by atoms with Gasteiger partial charge in [-0.25, -0.2) is 0 Å². The lowest BCUT2D eigenvalue weighted by Crippen LogP contribution is -2.32. The Morgan fingerprint density at radius 2 is 2.11 bits per heavy atom. The number of aromatic amines is 1. The number of nitrogens with one attached hydrogen (secondary N) is 3. The third-order valence-electron chi connectivity index (χ3n) is 4.99. The van der Waals surface area contributed by atoms with Crippen molar-refractivity contribution in [1.29, 1.82) is 0 Å². The van der Waals surface area contributed by atoms with E-state index >= 15 is 0 Å². The lowest BCUT2D eigenvalue weighted by molar-refractivity contribution is 0.0938. The average Bonchev–Trinajstić information content (AvgIpc) is 3.03. The molecule has 27 heavy (non-hydrogen) atoms. The number of nitrogens with two attached hydrogens (primary N) is 1. The molecule has 1 amide bonds. The fraction of sp³-hybridized carbons (Fsp3) is 0.450. The first-order chi connectivity index (χ1) is 13.0. The Morgan fingerprint density at radius 1 is 1.37 bits per heavy atom. The van der Waals surface area contributed by atoms with Gasteiger partial charge in [-0.1, -0.05) is 25.5 Å². The van der Waals surface area contributed by atoms with Crippen molar-refractivity contribution in [2.45, 2.75) is 51.5 Å². The van der Waals surface area contributed by atoms with Gasteiger partial charge in [-0.2, -0.15) is 4.98 Å². The van der Waals surface area contributed by atoms with Crippen LogP contribution in [0.1, 0.15) is 60.5 Å². The summed E-state index contributed by atoms with van der Waals surface area (Å²) < 4.78 is 0. The molecular formula is C20H27N5O2. The maximum absolute atomic E-state index is 12.2. The molecule has 2 atom stereocenters. The summed E-state index contributed by atoms with van der Waals surface area (Å²) in [6, 6.07) is 7.86. The Bertz CT molecular complexity index is 860. The number of hydrogen-bond acceptors (Lipinski definition) is 5. The zero-order chi connectivity index (χ0) is 19.4. The van der Waals surface area contributed by atoms with Crippen LogP contribution in [0.2, 0.25) is 0 Å². The van der Waals surface area contributed by atoms with E-state index in [-0.39, 0.29) is 29.4 Å². The largest absolute Gasteiger partial charge is 0.369 e. The molecule has 0 bridgehead atoms. The fourth-order valence-corrected chi connectivity index (χ4v) is 3.56. The quantitative estimate of drug-likeness (QED) is 0.599. The standard InChI is InChI=1S/C20H27N5O2/c1-3-4-12(2)23-18(26)14-8-5-13(6-9-14)7-10-15-11-22-17-16(15)19(27)25-20(21)24-17/h5-6,8-9,12,15H,3-4,7,10-11H2,1-2H3,(H,23,26)(H4,21,22,24,25,27)/t12-,15?/m1/s1. The SMILES string of the molecule is CCC[C@@H](C)NC(=O)c1ccc(CCC2CNc3nc(N)[nH]c(=O)c32)cc1. The topological polar surface area (TPSA) is 113 Å². The van der Waals surface area contributed by atoms with Crippen LogP contribution in [0.25, 0.3) is 0 Å². The van der Waals surface area contributed by atoms with Crippen molar-refractivity contribution in [1.82, 2.24) is 15.3 Å². The summed E-state index contributed by atoms with van der Waals surface area (Å²) in [4.78, 5) is 31.1. The number of hydrogen-bond donors (Lipinski definition) is 4. The van der Waals surface area contributed by atoms with Crippen LogP contribution >= 0.6 is 0 Å². The molecule has 0 radical (unpaired) electrons. The molecule has 0 saturated heterocycles. The molecule has 2 aromatic rings. The van der Waals surface area contributed by atoms with Crippen molar-refractivity contribution in [3.63, 3.8) is 0 Å². The van der Waals surface area contributed by atoms with Crippen molar-refractivity contribution in [3.05, 3.63) is 51.3 Å². The summed E-state index contributed by atoms with van der Waals surface area (Å²) in [5, 5.41) is 6.17. The maximum Gasteiger partial charge on any atom is 0.257 e. The number of nitrogens with zero attached hydrogens (tertiary/aromatic N) is 1. The second kappa shape index (κ2) is 8.24. The van der Waals surface area contributed by atoms with E-state index in [1.54, 1.807) is 0 Å². The number of anilines is 2. The van der Waals surface area contributed by atoms with Gasteiger partial charge >= 0.3 is 0 Å².